The van der Waals surface area contributed by atoms with Crippen LogP contribution in [0.1, 0.15) is 33.1 Å². The van der Waals surface area contributed by atoms with Crippen molar-refractivity contribution in [2.24, 2.45) is 5.41 Å². The molecule has 0 aliphatic heterocycles. The van der Waals surface area contributed by atoms with Gasteiger partial charge in [-0.05, 0) is 56.8 Å². The summed E-state index contributed by atoms with van der Waals surface area (Å²) in [5.74, 6) is 0.313. The first kappa shape index (κ1) is 10.7. The maximum atomic E-state index is 11.6. The lowest BCUT2D eigenvalue weighted by Gasteiger charge is -2.31. The lowest BCUT2D eigenvalue weighted by Crippen LogP contribution is -2.26. The van der Waals surface area contributed by atoms with Gasteiger partial charge >= 0.3 is 0 Å². The summed E-state index contributed by atoms with van der Waals surface area (Å²) in [6.07, 6.45) is 2.87. The molecule has 0 heterocycles. The molecule has 68 valence electrons. The van der Waals surface area contributed by atoms with Gasteiger partial charge in [0, 0.05) is 12.0 Å². The molecule has 1 aliphatic rings. The summed E-state index contributed by atoms with van der Waals surface area (Å²) in [4.78, 5) is 11.6. The largest absolute Gasteiger partial charge is 0.294 e. The van der Waals surface area contributed by atoms with E-state index in [9.17, 15) is 4.79 Å². The van der Waals surface area contributed by atoms with Crippen molar-refractivity contribution in [3.8, 4) is 0 Å². The number of allylic oxidation sites excluding steroid dienone is 1. The third-order valence-electron chi connectivity index (χ3n) is 2.35. The fourth-order valence-corrected chi connectivity index (χ4v) is 3.47. The molecular formula is C9H12BrIO. The van der Waals surface area contributed by atoms with Crippen LogP contribution in [0, 0.1) is 5.41 Å². The fraction of sp³-hybridized carbons (Fsp3) is 0.667. The molecule has 1 nitrogen and oxygen atoms in total. The molecule has 0 aromatic carbocycles. The normalized spacial score (nSPS) is 27.2. The molecule has 1 fully saturated rings. The van der Waals surface area contributed by atoms with Gasteiger partial charge in [-0.2, -0.15) is 0 Å². The van der Waals surface area contributed by atoms with Crippen molar-refractivity contribution in [1.29, 1.82) is 0 Å². The van der Waals surface area contributed by atoms with Gasteiger partial charge in [0.05, 0.1) is 2.49 Å². The average molecular weight is 343 g/mol. The molecule has 1 aliphatic carbocycles. The van der Waals surface area contributed by atoms with E-state index in [1.54, 1.807) is 0 Å². The second-order valence-corrected chi connectivity index (χ2v) is 7.15. The van der Waals surface area contributed by atoms with Crippen LogP contribution in [0.15, 0.2) is 8.06 Å². The van der Waals surface area contributed by atoms with Gasteiger partial charge in [-0.15, -0.1) is 0 Å². The number of Topliss-reactive ketones (excluding diaryl/α,β-unsaturated/α-hetero) is 1. The Morgan fingerprint density at radius 2 is 2.17 bits per heavy atom. The smallest absolute Gasteiger partial charge is 0.160 e. The van der Waals surface area contributed by atoms with Crippen LogP contribution in [-0.2, 0) is 4.79 Å². The van der Waals surface area contributed by atoms with Gasteiger partial charge in [0.15, 0.2) is 5.78 Å². The molecule has 0 aromatic heterocycles. The molecule has 0 aromatic rings. The molecule has 0 spiro atoms. The molecule has 1 saturated carbocycles. The average Bonchev–Trinajstić information content (AvgIpc) is 1.82. The van der Waals surface area contributed by atoms with Crippen LogP contribution < -0.4 is 0 Å². The van der Waals surface area contributed by atoms with Crippen LogP contribution in [-0.4, -0.2) is 5.78 Å². The van der Waals surface area contributed by atoms with Crippen LogP contribution in [0.4, 0.5) is 0 Å². The first-order valence-corrected chi connectivity index (χ1v) is 5.91. The summed E-state index contributed by atoms with van der Waals surface area (Å²) in [5, 5.41) is 0. The topological polar surface area (TPSA) is 17.1 Å². The Kier molecular flexibility index (Phi) is 3.37. The molecule has 3 heteroatoms. The molecule has 0 radical (unpaired) electrons. The zero-order valence-corrected chi connectivity index (χ0v) is 11.0. The molecule has 0 amide bonds. The van der Waals surface area contributed by atoms with E-state index in [0.717, 1.165) is 27.3 Å². The van der Waals surface area contributed by atoms with E-state index < -0.39 is 0 Å². The second-order valence-electron chi connectivity index (χ2n) is 3.80. The number of ketones is 1. The summed E-state index contributed by atoms with van der Waals surface area (Å²) in [6, 6.07) is 0. The van der Waals surface area contributed by atoms with Crippen molar-refractivity contribution in [3.63, 3.8) is 0 Å². The zero-order chi connectivity index (χ0) is 9.35. The van der Waals surface area contributed by atoms with Gasteiger partial charge in [0.25, 0.3) is 0 Å². The Bertz CT molecular complexity index is 239. The molecule has 0 unspecified atom stereocenters. The highest BCUT2D eigenvalue weighted by molar-refractivity contribution is 14.1. The Balaban J connectivity index is 3.06. The number of hydrogen-bond donors (Lipinski definition) is 0. The van der Waals surface area contributed by atoms with Gasteiger partial charge in [0.2, 0.25) is 0 Å². The molecule has 0 atom stereocenters. The van der Waals surface area contributed by atoms with Crippen LogP contribution in [0.5, 0.6) is 0 Å². The first-order chi connectivity index (χ1) is 5.45. The summed E-state index contributed by atoms with van der Waals surface area (Å²) in [5.41, 5.74) is 1.05. The minimum absolute atomic E-state index is 0.0648. The fourth-order valence-electron chi connectivity index (χ4n) is 1.68. The van der Waals surface area contributed by atoms with Gasteiger partial charge in [-0.3, -0.25) is 4.79 Å². The van der Waals surface area contributed by atoms with E-state index in [4.69, 9.17) is 0 Å². The van der Waals surface area contributed by atoms with Gasteiger partial charge < -0.3 is 0 Å². The van der Waals surface area contributed by atoms with Crippen molar-refractivity contribution >= 4 is 44.3 Å². The summed E-state index contributed by atoms with van der Waals surface area (Å²) in [6.45, 7) is 4.28. The van der Waals surface area contributed by atoms with E-state index in [2.05, 4.69) is 52.4 Å². The van der Waals surface area contributed by atoms with Crippen LogP contribution >= 0.6 is 38.5 Å². The predicted octanol–water partition coefficient (Wildman–Crippen LogP) is 3.81. The number of carbonyl (C=O) groups is 1. The standard InChI is InChI=1S/C9H12BrIO/c1-9(2)5-3-4-6(12)7(9)8(10)11/h3-5H2,1-2H3/b8-7+. The monoisotopic (exact) mass is 342 g/mol. The van der Waals surface area contributed by atoms with Crippen LogP contribution in [0.25, 0.3) is 0 Å². The van der Waals surface area contributed by atoms with Crippen LogP contribution in [0.2, 0.25) is 0 Å². The Labute approximate surface area is 95.3 Å². The van der Waals surface area contributed by atoms with Crippen molar-refractivity contribution in [2.45, 2.75) is 33.1 Å². The maximum absolute atomic E-state index is 11.6. The summed E-state index contributed by atoms with van der Waals surface area (Å²) in [7, 11) is 0. The Morgan fingerprint density at radius 1 is 1.58 bits per heavy atom. The maximum Gasteiger partial charge on any atom is 0.160 e. The van der Waals surface area contributed by atoms with Crippen molar-refractivity contribution in [1.82, 2.24) is 0 Å². The SMILES string of the molecule is CC1(C)CCCC(=O)/C1=C(/Br)I. The lowest BCUT2D eigenvalue weighted by atomic mass is 9.73. The number of carbonyl (C=O) groups excluding carboxylic acids is 1. The lowest BCUT2D eigenvalue weighted by molar-refractivity contribution is -0.117. The van der Waals surface area contributed by atoms with E-state index in [-0.39, 0.29) is 5.41 Å². The molecular weight excluding hydrogens is 331 g/mol. The second kappa shape index (κ2) is 3.78. The molecule has 12 heavy (non-hydrogen) atoms. The Hall–Kier alpha value is 0.620. The molecule has 1 rings (SSSR count). The molecule has 0 bridgehead atoms. The van der Waals surface area contributed by atoms with Gasteiger partial charge in [-0.1, -0.05) is 13.8 Å². The molecule has 0 N–H and O–H groups in total. The van der Waals surface area contributed by atoms with Gasteiger partial charge in [-0.25, -0.2) is 0 Å². The van der Waals surface area contributed by atoms with E-state index in [0.29, 0.717) is 5.78 Å². The minimum Gasteiger partial charge on any atom is -0.294 e. The number of halogens is 2. The summed E-state index contributed by atoms with van der Waals surface area (Å²) >= 11 is 5.58. The van der Waals surface area contributed by atoms with Crippen molar-refractivity contribution in [3.05, 3.63) is 8.06 Å². The number of rotatable bonds is 0. The van der Waals surface area contributed by atoms with E-state index in [1.165, 1.54) is 0 Å². The highest BCUT2D eigenvalue weighted by Crippen LogP contribution is 2.42. The quantitative estimate of drug-likeness (QED) is 0.483. The molecule has 0 saturated heterocycles. The van der Waals surface area contributed by atoms with Gasteiger partial charge in [0.1, 0.15) is 0 Å². The van der Waals surface area contributed by atoms with E-state index >= 15 is 0 Å². The predicted molar refractivity (Wildman–Crippen MR) is 62.6 cm³/mol. The van der Waals surface area contributed by atoms with Crippen LogP contribution in [0.3, 0.4) is 0 Å². The van der Waals surface area contributed by atoms with E-state index in [1.807, 2.05) is 0 Å². The minimum atomic E-state index is 0.0648. The zero-order valence-electron chi connectivity index (χ0n) is 7.29. The Morgan fingerprint density at radius 3 is 2.50 bits per heavy atom. The highest BCUT2D eigenvalue weighted by atomic mass is 127. The third kappa shape index (κ3) is 2.10. The highest BCUT2D eigenvalue weighted by Gasteiger charge is 2.33. The summed E-state index contributed by atoms with van der Waals surface area (Å²) < 4.78 is 0.981. The number of hydrogen-bond acceptors (Lipinski definition) is 1. The first-order valence-electron chi connectivity index (χ1n) is 4.04. The van der Waals surface area contributed by atoms with Crippen molar-refractivity contribution < 1.29 is 4.79 Å². The van der Waals surface area contributed by atoms with Crippen molar-refractivity contribution in [2.75, 3.05) is 0 Å². The third-order valence-corrected chi connectivity index (χ3v) is 3.29.